The van der Waals surface area contributed by atoms with E-state index in [4.69, 9.17) is 10.7 Å². The van der Waals surface area contributed by atoms with Gasteiger partial charge in [-0.1, -0.05) is 0 Å². The van der Waals surface area contributed by atoms with Crippen LogP contribution in [0.3, 0.4) is 0 Å². The fourth-order valence-electron chi connectivity index (χ4n) is 1.03. The highest BCUT2D eigenvalue weighted by atomic mass is 35.7. The van der Waals surface area contributed by atoms with Gasteiger partial charge in [-0.3, -0.25) is 0 Å². The summed E-state index contributed by atoms with van der Waals surface area (Å²) in [4.78, 5) is 0. The van der Waals surface area contributed by atoms with Crippen LogP contribution in [0.1, 0.15) is 12.2 Å². The van der Waals surface area contributed by atoms with Crippen molar-refractivity contribution in [2.24, 2.45) is 7.05 Å². The summed E-state index contributed by atoms with van der Waals surface area (Å²) in [7, 11) is 2.14. The Morgan fingerprint density at radius 3 is 2.31 bits per heavy atom. The Hall–Kier alpha value is -0.830. The number of aryl methyl sites for hydroxylation is 1. The Balaban J connectivity index is 2.90. The maximum atomic E-state index is 11.9. The van der Waals surface area contributed by atoms with Crippen molar-refractivity contribution in [3.05, 3.63) is 5.82 Å². The first-order valence-corrected chi connectivity index (χ1v) is 6.32. The van der Waals surface area contributed by atoms with Crippen molar-refractivity contribution in [2.45, 2.75) is 24.2 Å². The first-order valence-electron chi connectivity index (χ1n) is 4.01. The quantitative estimate of drug-likeness (QED) is 0.780. The summed E-state index contributed by atoms with van der Waals surface area (Å²) in [5, 5.41) is 5.98. The first-order chi connectivity index (χ1) is 7.11. The molecule has 0 spiro atoms. The zero-order valence-electron chi connectivity index (χ0n) is 7.99. The largest absolute Gasteiger partial charge is 0.389 e. The van der Waals surface area contributed by atoms with E-state index in [1.54, 1.807) is 0 Å². The van der Waals surface area contributed by atoms with Gasteiger partial charge in [-0.05, 0) is 0 Å². The maximum absolute atomic E-state index is 11.9. The van der Waals surface area contributed by atoms with Crippen LogP contribution in [0.25, 0.3) is 0 Å². The molecule has 0 aromatic carbocycles. The van der Waals surface area contributed by atoms with Gasteiger partial charge in [0.15, 0.2) is 0 Å². The SMILES string of the molecule is Cn1c(CCC(F)(F)F)nnc1S(=O)(=O)Cl. The minimum Gasteiger partial charge on any atom is -0.304 e. The van der Waals surface area contributed by atoms with Gasteiger partial charge in [0, 0.05) is 24.2 Å². The molecule has 1 aromatic rings. The molecule has 0 radical (unpaired) electrons. The number of rotatable bonds is 3. The summed E-state index contributed by atoms with van der Waals surface area (Å²) in [6, 6.07) is 0. The third-order valence-electron chi connectivity index (χ3n) is 1.78. The van der Waals surface area contributed by atoms with E-state index >= 15 is 0 Å². The van der Waals surface area contributed by atoms with Crippen molar-refractivity contribution in [2.75, 3.05) is 0 Å². The number of nitrogens with zero attached hydrogens (tertiary/aromatic N) is 3. The van der Waals surface area contributed by atoms with Gasteiger partial charge in [0.25, 0.3) is 14.2 Å². The molecular formula is C6H7ClF3N3O2S. The maximum Gasteiger partial charge on any atom is 0.389 e. The van der Waals surface area contributed by atoms with Crippen molar-refractivity contribution in [1.29, 1.82) is 0 Å². The molecule has 92 valence electrons. The predicted molar refractivity (Wildman–Crippen MR) is 48.4 cm³/mol. The molecule has 10 heteroatoms. The second kappa shape index (κ2) is 4.21. The second-order valence-corrected chi connectivity index (χ2v) is 5.47. The average molecular weight is 278 g/mol. The van der Waals surface area contributed by atoms with E-state index in [0.29, 0.717) is 0 Å². The lowest BCUT2D eigenvalue weighted by Gasteiger charge is -2.05. The summed E-state index contributed by atoms with van der Waals surface area (Å²) >= 11 is 0. The van der Waals surface area contributed by atoms with Gasteiger partial charge in [-0.25, -0.2) is 8.42 Å². The van der Waals surface area contributed by atoms with Crippen molar-refractivity contribution in [3.63, 3.8) is 0 Å². The molecule has 0 amide bonds. The topological polar surface area (TPSA) is 64.8 Å². The van der Waals surface area contributed by atoms with E-state index < -0.39 is 33.2 Å². The molecule has 1 heterocycles. The third-order valence-corrected chi connectivity index (χ3v) is 2.98. The van der Waals surface area contributed by atoms with E-state index in [1.807, 2.05) is 0 Å². The summed E-state index contributed by atoms with van der Waals surface area (Å²) in [6.07, 6.45) is -5.87. The highest BCUT2D eigenvalue weighted by molar-refractivity contribution is 8.13. The molecule has 0 saturated heterocycles. The van der Waals surface area contributed by atoms with Gasteiger partial charge in [0.1, 0.15) is 5.82 Å². The number of hydrogen-bond donors (Lipinski definition) is 0. The van der Waals surface area contributed by atoms with Gasteiger partial charge in [-0.2, -0.15) is 13.2 Å². The standard InChI is InChI=1S/C6H7ClF3N3O2S/c1-13-4(2-3-6(8,9)10)11-12-5(13)16(7,14)15/h2-3H2,1H3. The summed E-state index contributed by atoms with van der Waals surface area (Å²) in [6.45, 7) is 0. The van der Waals surface area contributed by atoms with Gasteiger partial charge in [0.05, 0.1) is 6.42 Å². The second-order valence-electron chi connectivity index (χ2n) is 3.01. The van der Waals surface area contributed by atoms with Crippen LogP contribution in [-0.2, 0) is 22.5 Å². The molecule has 0 aliphatic heterocycles. The van der Waals surface area contributed by atoms with E-state index in [0.717, 1.165) is 4.57 Å². The molecule has 1 aromatic heterocycles. The molecule has 0 bridgehead atoms. The Morgan fingerprint density at radius 2 is 1.94 bits per heavy atom. The molecule has 1 rings (SSSR count). The third kappa shape index (κ3) is 3.34. The van der Waals surface area contributed by atoms with E-state index in [2.05, 4.69) is 10.2 Å². The molecule has 0 atom stereocenters. The van der Waals surface area contributed by atoms with Crippen LogP contribution in [0.5, 0.6) is 0 Å². The van der Waals surface area contributed by atoms with Gasteiger partial charge >= 0.3 is 6.18 Å². The van der Waals surface area contributed by atoms with Crippen molar-refractivity contribution in [1.82, 2.24) is 14.8 Å². The van der Waals surface area contributed by atoms with E-state index in [1.165, 1.54) is 7.05 Å². The highest BCUT2D eigenvalue weighted by Crippen LogP contribution is 2.22. The molecule has 0 aliphatic rings. The molecule has 0 saturated carbocycles. The molecule has 0 aliphatic carbocycles. The smallest absolute Gasteiger partial charge is 0.304 e. The zero-order chi connectivity index (χ0) is 12.6. The normalized spacial score (nSPS) is 13.1. The number of hydrogen-bond acceptors (Lipinski definition) is 4. The number of aromatic nitrogens is 3. The Bertz CT molecular complexity index is 482. The summed E-state index contributed by atoms with van der Waals surface area (Å²) in [5.41, 5.74) is 0. The summed E-state index contributed by atoms with van der Waals surface area (Å²) < 4.78 is 58.4. The molecule has 0 unspecified atom stereocenters. The lowest BCUT2D eigenvalue weighted by atomic mass is 10.3. The fraction of sp³-hybridized carbons (Fsp3) is 0.667. The van der Waals surface area contributed by atoms with Crippen LogP contribution in [0.2, 0.25) is 0 Å². The van der Waals surface area contributed by atoms with Crippen molar-refractivity contribution in [3.8, 4) is 0 Å². The predicted octanol–water partition coefficient (Wildman–Crippen LogP) is 1.24. The van der Waals surface area contributed by atoms with Crippen LogP contribution < -0.4 is 0 Å². The number of alkyl halides is 3. The molecule has 5 nitrogen and oxygen atoms in total. The molecular weight excluding hydrogens is 271 g/mol. The van der Waals surface area contributed by atoms with Gasteiger partial charge in [-0.15, -0.1) is 10.2 Å². The fourth-order valence-corrected chi connectivity index (χ4v) is 2.00. The van der Waals surface area contributed by atoms with Gasteiger partial charge in [0.2, 0.25) is 0 Å². The van der Waals surface area contributed by atoms with E-state index in [9.17, 15) is 21.6 Å². The Kier molecular flexibility index (Phi) is 3.48. The van der Waals surface area contributed by atoms with Crippen LogP contribution in [-0.4, -0.2) is 29.4 Å². The van der Waals surface area contributed by atoms with Crippen LogP contribution >= 0.6 is 10.7 Å². The minimum absolute atomic E-state index is 0.0865. The van der Waals surface area contributed by atoms with Crippen molar-refractivity contribution >= 4 is 19.7 Å². The van der Waals surface area contributed by atoms with E-state index in [-0.39, 0.29) is 5.82 Å². The Morgan fingerprint density at radius 1 is 1.38 bits per heavy atom. The lowest BCUT2D eigenvalue weighted by molar-refractivity contribution is -0.134. The van der Waals surface area contributed by atoms with Gasteiger partial charge < -0.3 is 4.57 Å². The minimum atomic E-state index is -4.33. The van der Waals surface area contributed by atoms with Crippen LogP contribution in [0.15, 0.2) is 5.16 Å². The number of halogens is 4. The lowest BCUT2D eigenvalue weighted by Crippen LogP contribution is -2.11. The van der Waals surface area contributed by atoms with Crippen LogP contribution in [0.4, 0.5) is 13.2 Å². The van der Waals surface area contributed by atoms with Crippen molar-refractivity contribution < 1.29 is 21.6 Å². The first kappa shape index (κ1) is 13.2. The Labute approximate surface area is 93.6 Å². The molecule has 16 heavy (non-hydrogen) atoms. The highest BCUT2D eigenvalue weighted by Gasteiger charge is 2.28. The molecule has 0 fully saturated rings. The van der Waals surface area contributed by atoms with Crippen LogP contribution in [0, 0.1) is 0 Å². The average Bonchev–Trinajstić information content (AvgIpc) is 2.41. The monoisotopic (exact) mass is 277 g/mol. The summed E-state index contributed by atoms with van der Waals surface area (Å²) in [5.74, 6) is -0.0865. The zero-order valence-corrected chi connectivity index (χ0v) is 9.56. The molecule has 0 N–H and O–H groups in total.